The van der Waals surface area contributed by atoms with E-state index in [1.54, 1.807) is 0 Å². The van der Waals surface area contributed by atoms with Gasteiger partial charge in [0.05, 0.1) is 0 Å². The summed E-state index contributed by atoms with van der Waals surface area (Å²) in [6.07, 6.45) is 3.94. The molecule has 0 aromatic carbocycles. The summed E-state index contributed by atoms with van der Waals surface area (Å²) in [4.78, 5) is 0. The van der Waals surface area contributed by atoms with Gasteiger partial charge in [-0.2, -0.15) is 0 Å². The lowest BCUT2D eigenvalue weighted by atomic mass is 9.92. The summed E-state index contributed by atoms with van der Waals surface area (Å²) in [6.45, 7) is 2.22. The highest BCUT2D eigenvalue weighted by Crippen LogP contribution is 2.35. The molecule has 2 fully saturated rings. The van der Waals surface area contributed by atoms with Crippen LogP contribution in [0.2, 0.25) is 0 Å². The lowest BCUT2D eigenvalue weighted by molar-refractivity contribution is 0.402. The van der Waals surface area contributed by atoms with Crippen LogP contribution < -0.4 is 11.1 Å². The monoisotopic (exact) mass is 126 g/mol. The molecule has 9 heavy (non-hydrogen) atoms. The maximum Gasteiger partial charge on any atom is 0.0321 e. The van der Waals surface area contributed by atoms with Gasteiger partial charge in [0, 0.05) is 12.1 Å². The minimum Gasteiger partial charge on any atom is -0.324 e. The Labute approximate surface area is 55.8 Å². The van der Waals surface area contributed by atoms with E-state index in [1.165, 1.54) is 19.3 Å². The van der Waals surface area contributed by atoms with Crippen molar-refractivity contribution in [1.82, 2.24) is 5.32 Å². The predicted octanol–water partition coefficient (Wildman–Crippen LogP) is 0.0872. The zero-order chi connectivity index (χ0) is 6.32. The van der Waals surface area contributed by atoms with E-state index >= 15 is 0 Å². The summed E-state index contributed by atoms with van der Waals surface area (Å²) >= 11 is 0. The van der Waals surface area contributed by atoms with Gasteiger partial charge in [-0.05, 0) is 25.3 Å². The molecule has 3 N–H and O–H groups in total. The summed E-state index contributed by atoms with van der Waals surface area (Å²) in [5, 5.41) is 3.34. The van der Waals surface area contributed by atoms with Crippen molar-refractivity contribution in [3.63, 3.8) is 0 Å². The standard InChI is InChI=1S/C7H14N2/c8-7-3-1-2-6(7)4-9-5-7/h6,9H,1-5,8H2/t6-,7+/m0/s1. The molecular formula is C7H14N2. The van der Waals surface area contributed by atoms with Crippen LogP contribution in [-0.4, -0.2) is 18.6 Å². The van der Waals surface area contributed by atoms with E-state index in [-0.39, 0.29) is 5.54 Å². The fraction of sp³-hybridized carbons (Fsp3) is 1.00. The van der Waals surface area contributed by atoms with E-state index in [4.69, 9.17) is 5.73 Å². The summed E-state index contributed by atoms with van der Waals surface area (Å²) < 4.78 is 0. The predicted molar refractivity (Wildman–Crippen MR) is 37.1 cm³/mol. The molecule has 2 rings (SSSR count). The van der Waals surface area contributed by atoms with Gasteiger partial charge >= 0.3 is 0 Å². The maximum atomic E-state index is 6.10. The number of rotatable bonds is 0. The van der Waals surface area contributed by atoms with Crippen molar-refractivity contribution in [1.29, 1.82) is 0 Å². The van der Waals surface area contributed by atoms with Gasteiger partial charge in [-0.25, -0.2) is 0 Å². The van der Waals surface area contributed by atoms with Crippen molar-refractivity contribution in [2.24, 2.45) is 11.7 Å². The third-order valence-corrected chi connectivity index (χ3v) is 2.85. The van der Waals surface area contributed by atoms with Gasteiger partial charge in [0.1, 0.15) is 0 Å². The number of hydrogen-bond acceptors (Lipinski definition) is 2. The number of hydrogen-bond donors (Lipinski definition) is 2. The van der Waals surface area contributed by atoms with Crippen LogP contribution in [-0.2, 0) is 0 Å². The van der Waals surface area contributed by atoms with E-state index in [0.717, 1.165) is 19.0 Å². The molecule has 1 saturated carbocycles. The second-order valence-corrected chi connectivity index (χ2v) is 3.45. The molecule has 0 radical (unpaired) electrons. The number of fused-ring (bicyclic) bond motifs is 1. The van der Waals surface area contributed by atoms with Crippen molar-refractivity contribution in [2.45, 2.75) is 24.8 Å². The molecule has 0 amide bonds. The van der Waals surface area contributed by atoms with Crippen LogP contribution in [0.4, 0.5) is 0 Å². The van der Waals surface area contributed by atoms with Crippen LogP contribution in [0, 0.1) is 5.92 Å². The van der Waals surface area contributed by atoms with Crippen LogP contribution in [0.25, 0.3) is 0 Å². The molecule has 1 saturated heterocycles. The lowest BCUT2D eigenvalue weighted by Gasteiger charge is -2.21. The third-order valence-electron chi connectivity index (χ3n) is 2.85. The zero-order valence-corrected chi connectivity index (χ0v) is 5.69. The maximum absolute atomic E-state index is 6.10. The second-order valence-electron chi connectivity index (χ2n) is 3.45. The molecule has 1 aliphatic heterocycles. The number of nitrogens with one attached hydrogen (secondary N) is 1. The molecule has 1 aliphatic carbocycles. The van der Waals surface area contributed by atoms with Crippen molar-refractivity contribution < 1.29 is 0 Å². The normalized spacial score (nSPS) is 49.7. The molecule has 0 unspecified atom stereocenters. The number of nitrogens with two attached hydrogens (primary N) is 1. The van der Waals surface area contributed by atoms with Gasteiger partial charge in [-0.1, -0.05) is 6.42 Å². The summed E-state index contributed by atoms with van der Waals surface area (Å²) in [5.41, 5.74) is 6.30. The van der Waals surface area contributed by atoms with E-state index in [1.807, 2.05) is 0 Å². The first kappa shape index (κ1) is 5.69. The lowest BCUT2D eigenvalue weighted by Crippen LogP contribution is -2.43. The quantitative estimate of drug-likeness (QED) is 0.482. The highest BCUT2D eigenvalue weighted by atomic mass is 15.0. The third kappa shape index (κ3) is 0.700. The average Bonchev–Trinajstić information content (AvgIpc) is 2.22. The van der Waals surface area contributed by atoms with Crippen molar-refractivity contribution in [3.8, 4) is 0 Å². The van der Waals surface area contributed by atoms with Gasteiger partial charge in [0.15, 0.2) is 0 Å². The largest absolute Gasteiger partial charge is 0.324 e. The molecule has 2 aliphatic rings. The van der Waals surface area contributed by atoms with Crippen LogP contribution in [0.3, 0.4) is 0 Å². The zero-order valence-electron chi connectivity index (χ0n) is 5.69. The Morgan fingerprint density at radius 1 is 1.56 bits per heavy atom. The van der Waals surface area contributed by atoms with Gasteiger partial charge in [-0.15, -0.1) is 0 Å². The Hall–Kier alpha value is -0.0800. The molecule has 0 aromatic heterocycles. The first-order chi connectivity index (χ1) is 4.31. The molecule has 0 aromatic rings. The molecule has 1 heterocycles. The molecule has 52 valence electrons. The minimum absolute atomic E-state index is 0.194. The molecule has 0 spiro atoms. The minimum atomic E-state index is 0.194. The second kappa shape index (κ2) is 1.70. The van der Waals surface area contributed by atoms with E-state index in [0.29, 0.717) is 0 Å². The first-order valence-corrected chi connectivity index (χ1v) is 3.81. The topological polar surface area (TPSA) is 38.0 Å². The van der Waals surface area contributed by atoms with Crippen LogP contribution >= 0.6 is 0 Å². The molecule has 2 nitrogen and oxygen atoms in total. The molecular weight excluding hydrogens is 112 g/mol. The molecule has 2 atom stereocenters. The smallest absolute Gasteiger partial charge is 0.0321 e. The Morgan fingerprint density at radius 3 is 3.22 bits per heavy atom. The van der Waals surface area contributed by atoms with Crippen molar-refractivity contribution >= 4 is 0 Å². The average molecular weight is 126 g/mol. The molecule has 2 heteroatoms. The highest BCUT2D eigenvalue weighted by Gasteiger charge is 2.42. The van der Waals surface area contributed by atoms with E-state index < -0.39 is 0 Å². The van der Waals surface area contributed by atoms with Crippen LogP contribution in [0.15, 0.2) is 0 Å². The first-order valence-electron chi connectivity index (χ1n) is 3.81. The van der Waals surface area contributed by atoms with E-state index in [9.17, 15) is 0 Å². The summed E-state index contributed by atoms with van der Waals surface area (Å²) in [5.74, 6) is 0.789. The Balaban J connectivity index is 2.17. The van der Waals surface area contributed by atoms with Gasteiger partial charge in [0.25, 0.3) is 0 Å². The summed E-state index contributed by atoms with van der Waals surface area (Å²) in [7, 11) is 0. The van der Waals surface area contributed by atoms with Crippen molar-refractivity contribution in [3.05, 3.63) is 0 Å². The van der Waals surface area contributed by atoms with Crippen molar-refractivity contribution in [2.75, 3.05) is 13.1 Å². The van der Waals surface area contributed by atoms with E-state index in [2.05, 4.69) is 5.32 Å². The Bertz CT molecular complexity index is 112. The highest BCUT2D eigenvalue weighted by molar-refractivity contribution is 5.03. The fourth-order valence-corrected chi connectivity index (χ4v) is 2.19. The van der Waals surface area contributed by atoms with Gasteiger partial charge in [0.2, 0.25) is 0 Å². The molecule has 0 bridgehead atoms. The van der Waals surface area contributed by atoms with Gasteiger partial charge in [-0.3, -0.25) is 0 Å². The summed E-state index contributed by atoms with van der Waals surface area (Å²) in [6, 6.07) is 0. The Kier molecular flexibility index (Phi) is 1.08. The fourth-order valence-electron chi connectivity index (χ4n) is 2.19. The van der Waals surface area contributed by atoms with Crippen LogP contribution in [0.1, 0.15) is 19.3 Å². The van der Waals surface area contributed by atoms with Crippen LogP contribution in [0.5, 0.6) is 0 Å². The van der Waals surface area contributed by atoms with Gasteiger partial charge < -0.3 is 11.1 Å². The Morgan fingerprint density at radius 2 is 2.44 bits per heavy atom. The SMILES string of the molecule is N[C@@]12CCC[C@H]1CNC2.